The molecule has 0 aliphatic heterocycles. The first kappa shape index (κ1) is 19.8. The zero-order valence-corrected chi connectivity index (χ0v) is 17.0. The fourth-order valence-electron chi connectivity index (χ4n) is 2.62. The number of halogens is 1. The first-order valence-electron chi connectivity index (χ1n) is 8.57. The minimum absolute atomic E-state index is 0.0362. The SMILES string of the molecule is Cc1nn(C)c2sc(C(=O)Nc3cc(NC(=O)OC(C)(C)C)ccc3F)cc12. The highest BCUT2D eigenvalue weighted by molar-refractivity contribution is 7.20. The Balaban J connectivity index is 1.78. The fraction of sp³-hybridized carbons (Fsp3) is 0.316. The maximum atomic E-state index is 14.2. The van der Waals surface area contributed by atoms with Gasteiger partial charge in [0.2, 0.25) is 0 Å². The lowest BCUT2D eigenvalue weighted by molar-refractivity contribution is 0.0635. The summed E-state index contributed by atoms with van der Waals surface area (Å²) in [7, 11) is 1.80. The maximum absolute atomic E-state index is 14.2. The van der Waals surface area contributed by atoms with Crippen LogP contribution in [0.2, 0.25) is 0 Å². The van der Waals surface area contributed by atoms with E-state index in [4.69, 9.17) is 4.74 Å². The molecule has 9 heteroatoms. The van der Waals surface area contributed by atoms with Gasteiger partial charge in [0.1, 0.15) is 16.2 Å². The van der Waals surface area contributed by atoms with E-state index in [0.717, 1.165) is 15.9 Å². The second-order valence-corrected chi connectivity index (χ2v) is 8.34. The fourth-order valence-corrected chi connectivity index (χ4v) is 3.64. The number of fused-ring (bicyclic) bond motifs is 1. The average molecular weight is 404 g/mol. The molecule has 3 rings (SSSR count). The van der Waals surface area contributed by atoms with E-state index in [0.29, 0.717) is 10.6 Å². The molecule has 28 heavy (non-hydrogen) atoms. The van der Waals surface area contributed by atoms with Crippen LogP contribution in [0.15, 0.2) is 24.3 Å². The van der Waals surface area contributed by atoms with Crippen molar-refractivity contribution in [3.05, 3.63) is 40.7 Å². The number of nitrogens with one attached hydrogen (secondary N) is 2. The third kappa shape index (κ3) is 4.30. The second-order valence-electron chi connectivity index (χ2n) is 7.31. The highest BCUT2D eigenvalue weighted by Gasteiger charge is 2.18. The first-order chi connectivity index (χ1) is 13.0. The van der Waals surface area contributed by atoms with Gasteiger partial charge in [-0.05, 0) is 52.0 Å². The molecule has 0 bridgehead atoms. The molecule has 0 aliphatic rings. The van der Waals surface area contributed by atoms with Crippen LogP contribution < -0.4 is 10.6 Å². The number of amides is 2. The van der Waals surface area contributed by atoms with Crippen LogP contribution in [-0.4, -0.2) is 27.4 Å². The van der Waals surface area contributed by atoms with E-state index in [9.17, 15) is 14.0 Å². The highest BCUT2D eigenvalue weighted by Crippen LogP contribution is 2.29. The van der Waals surface area contributed by atoms with Gasteiger partial charge in [-0.3, -0.25) is 14.8 Å². The van der Waals surface area contributed by atoms with Crippen LogP contribution in [0.4, 0.5) is 20.6 Å². The Morgan fingerprint density at radius 1 is 1.21 bits per heavy atom. The number of nitrogens with zero attached hydrogens (tertiary/aromatic N) is 2. The van der Waals surface area contributed by atoms with Gasteiger partial charge in [0, 0.05) is 18.1 Å². The summed E-state index contributed by atoms with van der Waals surface area (Å²) in [6.07, 6.45) is -0.663. The Labute approximate surface area is 165 Å². The predicted octanol–water partition coefficient (Wildman–Crippen LogP) is 4.68. The molecule has 2 heterocycles. The number of aryl methyl sites for hydroxylation is 2. The summed E-state index contributed by atoms with van der Waals surface area (Å²) in [4.78, 5) is 25.8. The van der Waals surface area contributed by atoms with Crippen molar-refractivity contribution in [3.8, 4) is 0 Å². The smallest absolute Gasteiger partial charge is 0.412 e. The predicted molar refractivity (Wildman–Crippen MR) is 108 cm³/mol. The van der Waals surface area contributed by atoms with Gasteiger partial charge in [-0.2, -0.15) is 5.10 Å². The molecule has 2 aromatic heterocycles. The number of rotatable bonds is 3. The summed E-state index contributed by atoms with van der Waals surface area (Å²) in [5.74, 6) is -1.05. The summed E-state index contributed by atoms with van der Waals surface area (Å²) < 4.78 is 21.0. The van der Waals surface area contributed by atoms with Gasteiger partial charge in [-0.25, -0.2) is 9.18 Å². The van der Waals surface area contributed by atoms with Gasteiger partial charge in [0.25, 0.3) is 5.91 Å². The molecular formula is C19H21FN4O3S. The molecule has 2 N–H and O–H groups in total. The molecule has 0 unspecified atom stereocenters. The van der Waals surface area contributed by atoms with E-state index in [1.54, 1.807) is 38.6 Å². The molecule has 148 valence electrons. The molecule has 0 aliphatic carbocycles. The standard InChI is InChI=1S/C19H21FN4O3S/c1-10-12-9-15(28-17(12)24(5)23-10)16(25)22-14-8-11(6-7-13(14)20)21-18(26)27-19(2,3)4/h6-9H,1-5H3,(H,21,26)(H,22,25). The van der Waals surface area contributed by atoms with Crippen molar-refractivity contribution in [2.75, 3.05) is 10.6 Å². The lowest BCUT2D eigenvalue weighted by atomic mass is 10.2. The van der Waals surface area contributed by atoms with Crippen molar-refractivity contribution < 1.29 is 18.7 Å². The van der Waals surface area contributed by atoms with Gasteiger partial charge in [0.15, 0.2) is 0 Å². The zero-order valence-electron chi connectivity index (χ0n) is 16.2. The van der Waals surface area contributed by atoms with Crippen LogP contribution in [0, 0.1) is 12.7 Å². The molecule has 3 aromatic rings. The minimum atomic E-state index is -0.663. The number of ether oxygens (including phenoxy) is 1. The van der Waals surface area contributed by atoms with Crippen molar-refractivity contribution >= 4 is 44.9 Å². The second kappa shape index (κ2) is 7.23. The van der Waals surface area contributed by atoms with Crippen molar-refractivity contribution in [2.24, 2.45) is 7.05 Å². The third-order valence-electron chi connectivity index (χ3n) is 3.78. The number of hydrogen-bond acceptors (Lipinski definition) is 5. The molecule has 1 aromatic carbocycles. The van der Waals surface area contributed by atoms with Gasteiger partial charge in [-0.1, -0.05) is 0 Å². The molecule has 0 atom stereocenters. The lowest BCUT2D eigenvalue weighted by Crippen LogP contribution is -2.27. The summed E-state index contributed by atoms with van der Waals surface area (Å²) in [5, 5.41) is 10.3. The van der Waals surface area contributed by atoms with Gasteiger partial charge < -0.3 is 10.1 Å². The van der Waals surface area contributed by atoms with Crippen LogP contribution in [-0.2, 0) is 11.8 Å². The highest BCUT2D eigenvalue weighted by atomic mass is 32.1. The van der Waals surface area contributed by atoms with E-state index in [2.05, 4.69) is 15.7 Å². The molecule has 2 amide bonds. The minimum Gasteiger partial charge on any atom is -0.444 e. The van der Waals surface area contributed by atoms with Gasteiger partial charge in [-0.15, -0.1) is 11.3 Å². The Morgan fingerprint density at radius 3 is 2.57 bits per heavy atom. The van der Waals surface area contributed by atoms with Gasteiger partial charge in [0.05, 0.1) is 16.3 Å². The monoisotopic (exact) mass is 404 g/mol. The maximum Gasteiger partial charge on any atom is 0.412 e. The summed E-state index contributed by atoms with van der Waals surface area (Å²) in [5.41, 5.74) is 0.436. The molecule has 0 fully saturated rings. The number of carbonyl (C=O) groups is 2. The molecule has 0 saturated heterocycles. The Hall–Kier alpha value is -2.94. The molecule has 0 radical (unpaired) electrons. The Bertz CT molecular complexity index is 1030. The molecule has 0 saturated carbocycles. The van der Waals surface area contributed by atoms with Crippen molar-refractivity contribution in [2.45, 2.75) is 33.3 Å². The number of anilines is 2. The molecule has 0 spiro atoms. The average Bonchev–Trinajstić information content (AvgIpc) is 3.11. The molecule has 7 nitrogen and oxygen atoms in total. The van der Waals surface area contributed by atoms with E-state index in [1.165, 1.54) is 29.5 Å². The summed E-state index contributed by atoms with van der Waals surface area (Å²) in [6, 6.07) is 5.64. The van der Waals surface area contributed by atoms with E-state index in [1.807, 2.05) is 6.92 Å². The lowest BCUT2D eigenvalue weighted by Gasteiger charge is -2.19. The van der Waals surface area contributed by atoms with Crippen LogP contribution in [0.3, 0.4) is 0 Å². The number of aromatic nitrogens is 2. The van der Waals surface area contributed by atoms with Crippen molar-refractivity contribution in [3.63, 3.8) is 0 Å². The largest absolute Gasteiger partial charge is 0.444 e. The van der Waals surface area contributed by atoms with E-state index < -0.39 is 23.4 Å². The normalized spacial score (nSPS) is 11.5. The molecular weight excluding hydrogens is 383 g/mol. The Morgan fingerprint density at radius 2 is 1.93 bits per heavy atom. The van der Waals surface area contributed by atoms with Crippen LogP contribution >= 0.6 is 11.3 Å². The number of carbonyl (C=O) groups excluding carboxylic acids is 2. The van der Waals surface area contributed by atoms with E-state index >= 15 is 0 Å². The number of thiophene rings is 1. The van der Waals surface area contributed by atoms with Crippen molar-refractivity contribution in [1.82, 2.24) is 9.78 Å². The van der Waals surface area contributed by atoms with Crippen LogP contribution in [0.5, 0.6) is 0 Å². The van der Waals surface area contributed by atoms with Gasteiger partial charge >= 0.3 is 6.09 Å². The quantitative estimate of drug-likeness (QED) is 0.664. The van der Waals surface area contributed by atoms with Crippen LogP contribution in [0.25, 0.3) is 10.2 Å². The summed E-state index contributed by atoms with van der Waals surface area (Å²) >= 11 is 1.28. The van der Waals surface area contributed by atoms with E-state index in [-0.39, 0.29) is 5.69 Å². The zero-order chi connectivity index (χ0) is 20.6. The summed E-state index contributed by atoms with van der Waals surface area (Å²) in [6.45, 7) is 7.09. The third-order valence-corrected chi connectivity index (χ3v) is 4.98. The Kier molecular flexibility index (Phi) is 5.12. The van der Waals surface area contributed by atoms with Crippen molar-refractivity contribution in [1.29, 1.82) is 0 Å². The number of benzene rings is 1. The first-order valence-corrected chi connectivity index (χ1v) is 9.39. The number of hydrogen-bond donors (Lipinski definition) is 2. The topological polar surface area (TPSA) is 85.3 Å². The van der Waals surface area contributed by atoms with Crippen LogP contribution in [0.1, 0.15) is 36.1 Å².